The molecule has 4 aromatic rings. The fourth-order valence-electron chi connectivity index (χ4n) is 4.54. The van der Waals surface area contributed by atoms with Gasteiger partial charge in [0.2, 0.25) is 0 Å². The third kappa shape index (κ3) is 4.07. The van der Waals surface area contributed by atoms with Crippen LogP contribution in [0.1, 0.15) is 56.0 Å². The van der Waals surface area contributed by atoms with E-state index in [1.807, 2.05) is 18.4 Å². The van der Waals surface area contributed by atoms with E-state index in [9.17, 15) is 0 Å². The van der Waals surface area contributed by atoms with Crippen molar-refractivity contribution in [3.63, 3.8) is 0 Å². The van der Waals surface area contributed by atoms with E-state index in [0.29, 0.717) is 12.1 Å². The average molecular weight is 433 g/mol. The molecule has 7 heteroatoms. The number of likely N-dealkylation sites (tertiary alicyclic amines) is 1. The zero-order valence-electron chi connectivity index (χ0n) is 18.2. The van der Waals surface area contributed by atoms with Crippen molar-refractivity contribution >= 4 is 33.3 Å². The first kappa shape index (κ1) is 20.2. The van der Waals surface area contributed by atoms with Crippen molar-refractivity contribution < 1.29 is 0 Å². The zero-order valence-corrected chi connectivity index (χ0v) is 19.1. The van der Waals surface area contributed by atoms with Gasteiger partial charge in [-0.3, -0.25) is 4.90 Å². The molecule has 0 saturated carbocycles. The summed E-state index contributed by atoms with van der Waals surface area (Å²) in [7, 11) is 0. The standard InChI is InChI=1S/C24H28N6S/c1-16(2)30-21-10-5-4-8-19(21)27-23(30)14-29-13-7-11-20(29)18-9-6-12-22(26-18)28-24-25-17(3)15-31-24/h4-6,8-10,12,15-16,20H,7,11,13-14H2,1-3H3,(H,25,26,28)/t20-/m1/s1. The van der Waals surface area contributed by atoms with Crippen molar-refractivity contribution in [2.24, 2.45) is 0 Å². The molecule has 5 rings (SSSR count). The Kier molecular flexibility index (Phi) is 5.46. The lowest BCUT2D eigenvalue weighted by Crippen LogP contribution is -2.25. The second-order valence-corrected chi connectivity index (χ2v) is 9.33. The Morgan fingerprint density at radius 3 is 2.77 bits per heavy atom. The number of benzene rings is 1. The summed E-state index contributed by atoms with van der Waals surface area (Å²) in [6.45, 7) is 8.37. The summed E-state index contributed by atoms with van der Waals surface area (Å²) in [6.07, 6.45) is 2.30. The second kappa shape index (κ2) is 8.40. The van der Waals surface area contributed by atoms with Gasteiger partial charge in [0.05, 0.1) is 35.0 Å². The summed E-state index contributed by atoms with van der Waals surface area (Å²) in [6, 6.07) is 15.4. The van der Waals surface area contributed by atoms with Crippen LogP contribution in [0.3, 0.4) is 0 Å². The molecule has 1 saturated heterocycles. The number of hydrogen-bond donors (Lipinski definition) is 1. The van der Waals surface area contributed by atoms with Gasteiger partial charge in [0, 0.05) is 11.4 Å². The maximum Gasteiger partial charge on any atom is 0.188 e. The monoisotopic (exact) mass is 432 g/mol. The molecule has 1 aliphatic rings. The molecule has 3 aromatic heterocycles. The van der Waals surface area contributed by atoms with Crippen molar-refractivity contribution in [1.29, 1.82) is 0 Å². The van der Waals surface area contributed by atoms with Gasteiger partial charge in [-0.05, 0) is 64.4 Å². The zero-order chi connectivity index (χ0) is 21.4. The predicted octanol–water partition coefficient (Wildman–Crippen LogP) is 5.86. The van der Waals surface area contributed by atoms with Crippen LogP contribution >= 0.6 is 11.3 Å². The summed E-state index contributed by atoms with van der Waals surface area (Å²) < 4.78 is 2.38. The summed E-state index contributed by atoms with van der Waals surface area (Å²) >= 11 is 1.61. The first-order valence-electron chi connectivity index (χ1n) is 10.9. The molecule has 1 fully saturated rings. The highest BCUT2D eigenvalue weighted by atomic mass is 32.1. The van der Waals surface area contributed by atoms with E-state index in [1.165, 1.54) is 11.9 Å². The fraction of sp³-hybridized carbons (Fsp3) is 0.375. The topological polar surface area (TPSA) is 58.9 Å². The number of para-hydroxylation sites is 2. The van der Waals surface area contributed by atoms with Crippen LogP contribution in [0.4, 0.5) is 10.9 Å². The van der Waals surface area contributed by atoms with Gasteiger partial charge in [-0.1, -0.05) is 18.2 Å². The second-order valence-electron chi connectivity index (χ2n) is 8.48. The van der Waals surface area contributed by atoms with E-state index in [-0.39, 0.29) is 0 Å². The van der Waals surface area contributed by atoms with E-state index in [4.69, 9.17) is 9.97 Å². The van der Waals surface area contributed by atoms with Crippen LogP contribution < -0.4 is 5.32 Å². The summed E-state index contributed by atoms with van der Waals surface area (Å²) in [5, 5.41) is 6.29. The molecular formula is C24H28N6S. The van der Waals surface area contributed by atoms with Crippen molar-refractivity contribution in [1.82, 2.24) is 24.4 Å². The van der Waals surface area contributed by atoms with Gasteiger partial charge in [0.1, 0.15) is 11.6 Å². The first-order valence-corrected chi connectivity index (χ1v) is 11.8. The van der Waals surface area contributed by atoms with E-state index in [1.54, 1.807) is 11.3 Å². The van der Waals surface area contributed by atoms with Crippen LogP contribution in [0.15, 0.2) is 47.8 Å². The molecule has 1 N–H and O–H groups in total. The Labute approximate surface area is 187 Å². The molecule has 4 heterocycles. The molecule has 1 atom stereocenters. The Morgan fingerprint density at radius 2 is 1.97 bits per heavy atom. The molecular weight excluding hydrogens is 404 g/mol. The van der Waals surface area contributed by atoms with E-state index in [0.717, 1.165) is 53.2 Å². The van der Waals surface area contributed by atoms with E-state index < -0.39 is 0 Å². The van der Waals surface area contributed by atoms with Crippen LogP contribution in [-0.2, 0) is 6.54 Å². The van der Waals surface area contributed by atoms with Crippen LogP contribution in [0.5, 0.6) is 0 Å². The first-order chi connectivity index (χ1) is 15.1. The third-order valence-corrected chi connectivity index (χ3v) is 6.74. The number of anilines is 2. The molecule has 0 aliphatic carbocycles. The number of thiazole rings is 1. The van der Waals surface area contributed by atoms with Crippen LogP contribution in [0, 0.1) is 6.92 Å². The van der Waals surface area contributed by atoms with Gasteiger partial charge >= 0.3 is 0 Å². The fourth-order valence-corrected chi connectivity index (χ4v) is 5.24. The minimum Gasteiger partial charge on any atom is -0.324 e. The molecule has 0 amide bonds. The Hall–Kier alpha value is -2.77. The molecule has 0 spiro atoms. The number of pyridine rings is 1. The molecule has 1 aromatic carbocycles. The van der Waals surface area contributed by atoms with Crippen molar-refractivity contribution in [3.8, 4) is 0 Å². The van der Waals surface area contributed by atoms with Gasteiger partial charge in [0.15, 0.2) is 5.13 Å². The summed E-state index contributed by atoms with van der Waals surface area (Å²) in [5.74, 6) is 1.99. The molecule has 0 bridgehead atoms. The number of aromatic nitrogens is 4. The SMILES string of the molecule is Cc1csc(Nc2cccc([C@H]3CCCN3Cc3nc4ccccc4n3C(C)C)n2)n1. The minimum atomic E-state index is 0.306. The van der Waals surface area contributed by atoms with Crippen LogP contribution in [0.2, 0.25) is 0 Å². The quantitative estimate of drug-likeness (QED) is 0.414. The van der Waals surface area contributed by atoms with Crippen molar-refractivity contribution in [2.75, 3.05) is 11.9 Å². The predicted molar refractivity (Wildman–Crippen MR) is 127 cm³/mol. The largest absolute Gasteiger partial charge is 0.324 e. The lowest BCUT2D eigenvalue weighted by atomic mass is 10.1. The van der Waals surface area contributed by atoms with E-state index >= 15 is 0 Å². The summed E-state index contributed by atoms with van der Waals surface area (Å²) in [5.41, 5.74) is 4.43. The molecule has 0 unspecified atom stereocenters. The molecule has 6 nitrogen and oxygen atoms in total. The molecule has 1 aliphatic heterocycles. The van der Waals surface area contributed by atoms with Crippen LogP contribution in [-0.4, -0.2) is 31.0 Å². The Balaban J connectivity index is 1.40. The smallest absolute Gasteiger partial charge is 0.188 e. The normalized spacial score (nSPS) is 17.1. The van der Waals surface area contributed by atoms with Crippen LogP contribution in [0.25, 0.3) is 11.0 Å². The molecule has 31 heavy (non-hydrogen) atoms. The highest BCUT2D eigenvalue weighted by molar-refractivity contribution is 7.13. The van der Waals surface area contributed by atoms with Gasteiger partial charge in [-0.2, -0.15) is 0 Å². The number of rotatable bonds is 6. The lowest BCUT2D eigenvalue weighted by Gasteiger charge is -2.25. The van der Waals surface area contributed by atoms with Crippen molar-refractivity contribution in [3.05, 3.63) is 65.1 Å². The number of nitrogens with zero attached hydrogens (tertiary/aromatic N) is 5. The molecule has 160 valence electrons. The number of imidazole rings is 1. The highest BCUT2D eigenvalue weighted by Crippen LogP contribution is 2.34. The van der Waals surface area contributed by atoms with Gasteiger partial charge in [-0.25, -0.2) is 15.0 Å². The van der Waals surface area contributed by atoms with Gasteiger partial charge < -0.3 is 9.88 Å². The maximum absolute atomic E-state index is 4.98. The minimum absolute atomic E-state index is 0.306. The number of fused-ring (bicyclic) bond motifs is 1. The highest BCUT2D eigenvalue weighted by Gasteiger charge is 2.29. The Bertz CT molecular complexity index is 1190. The average Bonchev–Trinajstić information content (AvgIpc) is 3.46. The van der Waals surface area contributed by atoms with Gasteiger partial charge in [0.25, 0.3) is 0 Å². The van der Waals surface area contributed by atoms with Gasteiger partial charge in [-0.15, -0.1) is 11.3 Å². The maximum atomic E-state index is 4.98. The third-order valence-electron chi connectivity index (χ3n) is 5.86. The number of aryl methyl sites for hydroxylation is 1. The van der Waals surface area contributed by atoms with E-state index in [2.05, 4.69) is 70.0 Å². The number of hydrogen-bond acceptors (Lipinski definition) is 6. The lowest BCUT2D eigenvalue weighted by molar-refractivity contribution is 0.234. The number of nitrogens with one attached hydrogen (secondary N) is 1. The Morgan fingerprint density at radius 1 is 1.10 bits per heavy atom. The van der Waals surface area contributed by atoms with Crippen molar-refractivity contribution in [2.45, 2.75) is 52.2 Å². The molecule has 0 radical (unpaired) electrons. The summed E-state index contributed by atoms with van der Waals surface area (Å²) in [4.78, 5) is 16.9.